The SMILES string of the molecule is Cc1nc(-c2onc(C)c2CNc2nccc(-c3ccsc3)n2)ccc1NC(=O)[C@@H]1[C@@H](C(=O)O)C1(F)F. The van der Waals surface area contributed by atoms with Gasteiger partial charge < -0.3 is 20.3 Å². The third-order valence-electron chi connectivity index (χ3n) is 6.06. The number of aromatic nitrogens is 4. The zero-order valence-electron chi connectivity index (χ0n) is 19.5. The minimum Gasteiger partial charge on any atom is -0.481 e. The largest absolute Gasteiger partial charge is 0.481 e. The fourth-order valence-corrected chi connectivity index (χ4v) is 4.62. The topological polar surface area (TPSA) is 143 Å². The van der Waals surface area contributed by atoms with E-state index in [9.17, 15) is 18.4 Å². The summed E-state index contributed by atoms with van der Waals surface area (Å²) in [5.41, 5.74) is 4.07. The van der Waals surface area contributed by atoms with Crippen LogP contribution in [0, 0.1) is 25.7 Å². The maximum absolute atomic E-state index is 13.7. The van der Waals surface area contributed by atoms with E-state index in [4.69, 9.17) is 9.63 Å². The standard InChI is InChI=1S/C24H20F2N6O4S/c1-11-14(9-28-23-27-7-5-16(31-23)13-6-8-37-10-13)20(36-32-11)17-4-3-15(12(2)29-17)30-21(33)18-19(22(34)35)24(18,25)26/h3-8,10,18-19H,9H2,1-2H3,(H,30,33)(H,34,35)(H,27,28,31)/t18-,19-/m0/s1. The summed E-state index contributed by atoms with van der Waals surface area (Å²) in [7, 11) is 0. The minimum absolute atomic E-state index is 0.190. The average molecular weight is 527 g/mol. The number of rotatable bonds is 8. The van der Waals surface area contributed by atoms with E-state index in [1.807, 2.05) is 22.9 Å². The zero-order chi connectivity index (χ0) is 26.3. The Hall–Kier alpha value is -4.26. The third-order valence-corrected chi connectivity index (χ3v) is 6.74. The van der Waals surface area contributed by atoms with Gasteiger partial charge in [0.05, 0.1) is 22.8 Å². The molecule has 4 aromatic heterocycles. The molecule has 0 spiro atoms. The number of aryl methyl sites for hydroxylation is 2. The summed E-state index contributed by atoms with van der Waals surface area (Å²) < 4.78 is 32.9. The van der Waals surface area contributed by atoms with Crippen molar-refractivity contribution in [3.63, 3.8) is 0 Å². The predicted octanol–water partition coefficient (Wildman–Crippen LogP) is 4.39. The first-order chi connectivity index (χ1) is 17.7. The molecule has 0 aromatic carbocycles. The Balaban J connectivity index is 1.31. The molecule has 0 saturated heterocycles. The molecule has 0 radical (unpaired) electrons. The highest BCUT2D eigenvalue weighted by molar-refractivity contribution is 7.08. The summed E-state index contributed by atoms with van der Waals surface area (Å²) in [5, 5.41) is 22.4. The molecule has 4 aromatic rings. The van der Waals surface area contributed by atoms with Crippen molar-refractivity contribution in [3.05, 3.63) is 58.2 Å². The minimum atomic E-state index is -3.58. The zero-order valence-corrected chi connectivity index (χ0v) is 20.3. The summed E-state index contributed by atoms with van der Waals surface area (Å²) >= 11 is 1.58. The molecule has 13 heteroatoms. The first-order valence-electron chi connectivity index (χ1n) is 11.1. The Labute approximate surface area is 212 Å². The van der Waals surface area contributed by atoms with Crippen molar-refractivity contribution in [2.75, 3.05) is 10.6 Å². The van der Waals surface area contributed by atoms with Crippen LogP contribution in [0.5, 0.6) is 0 Å². The first-order valence-corrected chi connectivity index (χ1v) is 12.0. The van der Waals surface area contributed by atoms with E-state index >= 15 is 0 Å². The van der Waals surface area contributed by atoms with E-state index < -0.39 is 29.6 Å². The van der Waals surface area contributed by atoms with Crippen LogP contribution < -0.4 is 10.6 Å². The third kappa shape index (κ3) is 4.65. The lowest BCUT2D eigenvalue weighted by Crippen LogP contribution is -2.19. The van der Waals surface area contributed by atoms with Crippen molar-refractivity contribution < 1.29 is 28.0 Å². The van der Waals surface area contributed by atoms with Gasteiger partial charge in [-0.3, -0.25) is 9.59 Å². The van der Waals surface area contributed by atoms with Crippen LogP contribution in [-0.2, 0) is 16.1 Å². The highest BCUT2D eigenvalue weighted by Crippen LogP contribution is 2.55. The second kappa shape index (κ2) is 9.32. The van der Waals surface area contributed by atoms with Gasteiger partial charge in [-0.15, -0.1) is 0 Å². The van der Waals surface area contributed by atoms with Crippen LogP contribution in [0.1, 0.15) is 17.0 Å². The van der Waals surface area contributed by atoms with Gasteiger partial charge in [0.15, 0.2) is 5.76 Å². The predicted molar refractivity (Wildman–Crippen MR) is 130 cm³/mol. The van der Waals surface area contributed by atoms with E-state index in [0.717, 1.165) is 16.8 Å². The van der Waals surface area contributed by atoms with Crippen molar-refractivity contribution in [1.82, 2.24) is 20.1 Å². The van der Waals surface area contributed by atoms with Crippen LogP contribution in [0.2, 0.25) is 0 Å². The van der Waals surface area contributed by atoms with Gasteiger partial charge in [-0.1, -0.05) is 5.16 Å². The number of carbonyl (C=O) groups excluding carboxylic acids is 1. The molecular weight excluding hydrogens is 506 g/mol. The molecule has 1 aliphatic rings. The van der Waals surface area contributed by atoms with Crippen LogP contribution in [0.4, 0.5) is 20.4 Å². The normalized spacial score (nSPS) is 17.8. The van der Waals surface area contributed by atoms with Crippen molar-refractivity contribution >= 4 is 34.8 Å². The number of thiophene rings is 1. The van der Waals surface area contributed by atoms with Gasteiger partial charge in [-0.05, 0) is 43.5 Å². The molecule has 190 valence electrons. The average Bonchev–Trinajstić information content (AvgIpc) is 3.22. The smallest absolute Gasteiger partial charge is 0.313 e. The maximum Gasteiger partial charge on any atom is 0.313 e. The summed E-state index contributed by atoms with van der Waals surface area (Å²) in [6, 6.07) is 6.84. The molecule has 37 heavy (non-hydrogen) atoms. The van der Waals surface area contributed by atoms with Crippen LogP contribution >= 0.6 is 11.3 Å². The number of nitrogens with one attached hydrogen (secondary N) is 2. The Morgan fingerprint density at radius 1 is 1.11 bits per heavy atom. The van der Waals surface area contributed by atoms with Crippen molar-refractivity contribution in [3.8, 4) is 22.7 Å². The fraction of sp³-hybridized carbons (Fsp3) is 0.250. The Bertz CT molecular complexity index is 1490. The number of nitrogens with zero attached hydrogens (tertiary/aromatic N) is 4. The molecule has 1 amide bonds. The van der Waals surface area contributed by atoms with E-state index in [1.54, 1.807) is 37.4 Å². The van der Waals surface area contributed by atoms with Crippen molar-refractivity contribution in [1.29, 1.82) is 0 Å². The van der Waals surface area contributed by atoms with Crippen LogP contribution in [-0.4, -0.2) is 43.0 Å². The van der Waals surface area contributed by atoms with Gasteiger partial charge in [0.1, 0.15) is 17.5 Å². The fourth-order valence-electron chi connectivity index (χ4n) is 3.97. The number of halogens is 2. The summed E-state index contributed by atoms with van der Waals surface area (Å²) in [5.74, 6) is -9.49. The first kappa shape index (κ1) is 24.4. The number of pyridine rings is 1. The maximum atomic E-state index is 13.7. The van der Waals surface area contributed by atoms with Crippen molar-refractivity contribution in [2.45, 2.75) is 26.3 Å². The van der Waals surface area contributed by atoms with Gasteiger partial charge in [0.2, 0.25) is 11.9 Å². The second-order valence-corrected chi connectivity index (χ2v) is 9.27. The van der Waals surface area contributed by atoms with Gasteiger partial charge >= 0.3 is 5.97 Å². The van der Waals surface area contributed by atoms with Gasteiger partial charge in [0.25, 0.3) is 5.92 Å². The number of carbonyl (C=O) groups is 2. The quantitative estimate of drug-likeness (QED) is 0.305. The number of hydrogen-bond donors (Lipinski definition) is 3. The van der Waals surface area contributed by atoms with Gasteiger partial charge in [-0.2, -0.15) is 11.3 Å². The monoisotopic (exact) mass is 526 g/mol. The molecule has 5 rings (SSSR count). The van der Waals surface area contributed by atoms with E-state index in [2.05, 4.69) is 30.7 Å². The molecule has 3 N–H and O–H groups in total. The molecular formula is C24H20F2N6O4S. The van der Waals surface area contributed by atoms with Crippen LogP contribution in [0.25, 0.3) is 22.7 Å². The van der Waals surface area contributed by atoms with Crippen molar-refractivity contribution in [2.24, 2.45) is 11.8 Å². The van der Waals surface area contributed by atoms with E-state index in [0.29, 0.717) is 35.3 Å². The summed E-state index contributed by atoms with van der Waals surface area (Å²) in [6.45, 7) is 3.66. The van der Waals surface area contributed by atoms with Gasteiger partial charge in [0, 0.05) is 29.2 Å². The molecule has 10 nitrogen and oxygen atoms in total. The highest BCUT2D eigenvalue weighted by atomic mass is 32.1. The molecule has 2 atom stereocenters. The molecule has 0 aliphatic heterocycles. The highest BCUT2D eigenvalue weighted by Gasteiger charge is 2.76. The number of amides is 1. The lowest BCUT2D eigenvalue weighted by Gasteiger charge is -2.10. The van der Waals surface area contributed by atoms with E-state index in [-0.39, 0.29) is 5.69 Å². The molecule has 1 aliphatic carbocycles. The summed E-state index contributed by atoms with van der Waals surface area (Å²) in [6.07, 6.45) is 1.66. The Kier molecular flexibility index (Phi) is 6.15. The molecule has 4 heterocycles. The van der Waals surface area contributed by atoms with Crippen LogP contribution in [0.15, 0.2) is 45.7 Å². The molecule has 0 bridgehead atoms. The second-order valence-electron chi connectivity index (χ2n) is 8.49. The lowest BCUT2D eigenvalue weighted by atomic mass is 10.1. The number of anilines is 2. The number of carboxylic acid groups (broad SMARTS) is 1. The lowest BCUT2D eigenvalue weighted by molar-refractivity contribution is -0.141. The number of carboxylic acids is 1. The number of hydrogen-bond acceptors (Lipinski definition) is 9. The molecule has 1 fully saturated rings. The van der Waals surface area contributed by atoms with E-state index in [1.165, 1.54) is 6.07 Å². The Morgan fingerprint density at radius 2 is 1.92 bits per heavy atom. The number of alkyl halides is 2. The molecule has 0 unspecified atom stereocenters. The molecule has 1 saturated carbocycles. The Morgan fingerprint density at radius 3 is 2.59 bits per heavy atom. The summed E-state index contributed by atoms with van der Waals surface area (Å²) in [4.78, 5) is 36.4. The van der Waals surface area contributed by atoms with Gasteiger partial charge in [-0.25, -0.2) is 23.7 Å². The number of aliphatic carboxylic acids is 1. The van der Waals surface area contributed by atoms with Crippen LogP contribution in [0.3, 0.4) is 0 Å².